The molecule has 9 heteroatoms. The SMILES string of the molecule is CCC1CC(=O)NC(n2nc(C(C)(C)C)cc2NC(=O)NCc2cccs2)N1. The molecular weight excluding hydrogens is 376 g/mol. The van der Waals surface area contributed by atoms with E-state index < -0.39 is 6.29 Å². The summed E-state index contributed by atoms with van der Waals surface area (Å²) in [4.78, 5) is 25.6. The first kappa shape index (κ1) is 20.3. The first-order valence-corrected chi connectivity index (χ1v) is 10.4. The minimum Gasteiger partial charge on any atom is -0.333 e. The van der Waals surface area contributed by atoms with Gasteiger partial charge in [0.2, 0.25) is 5.91 Å². The van der Waals surface area contributed by atoms with Gasteiger partial charge in [-0.2, -0.15) is 5.10 Å². The molecule has 3 heterocycles. The average Bonchev–Trinajstić information content (AvgIpc) is 3.28. The molecule has 3 amide bonds. The van der Waals surface area contributed by atoms with E-state index in [4.69, 9.17) is 0 Å². The summed E-state index contributed by atoms with van der Waals surface area (Å²) in [6.07, 6.45) is 0.765. The summed E-state index contributed by atoms with van der Waals surface area (Å²) >= 11 is 1.59. The maximum atomic E-state index is 12.4. The van der Waals surface area contributed by atoms with Crippen molar-refractivity contribution in [2.24, 2.45) is 0 Å². The Hall–Kier alpha value is -2.39. The van der Waals surface area contributed by atoms with Gasteiger partial charge in [-0.1, -0.05) is 33.8 Å². The fourth-order valence-corrected chi connectivity index (χ4v) is 3.59. The molecule has 152 valence electrons. The highest BCUT2D eigenvalue weighted by Crippen LogP contribution is 2.26. The van der Waals surface area contributed by atoms with Crippen LogP contribution < -0.4 is 21.3 Å². The summed E-state index contributed by atoms with van der Waals surface area (Å²) in [5.41, 5.74) is 0.633. The number of nitrogens with zero attached hydrogens (tertiary/aromatic N) is 2. The van der Waals surface area contributed by atoms with Crippen LogP contribution in [0.3, 0.4) is 0 Å². The maximum absolute atomic E-state index is 12.4. The van der Waals surface area contributed by atoms with Crippen LogP contribution in [0, 0.1) is 0 Å². The summed E-state index contributed by atoms with van der Waals surface area (Å²) < 4.78 is 1.64. The van der Waals surface area contributed by atoms with Crippen LogP contribution >= 0.6 is 11.3 Å². The largest absolute Gasteiger partial charge is 0.333 e. The number of hydrogen-bond donors (Lipinski definition) is 4. The highest BCUT2D eigenvalue weighted by Gasteiger charge is 2.30. The molecule has 1 fully saturated rings. The van der Waals surface area contributed by atoms with Gasteiger partial charge >= 0.3 is 6.03 Å². The van der Waals surface area contributed by atoms with E-state index in [2.05, 4.69) is 47.1 Å². The highest BCUT2D eigenvalue weighted by atomic mass is 32.1. The van der Waals surface area contributed by atoms with Crippen LogP contribution in [0.4, 0.5) is 10.6 Å². The molecule has 2 aromatic rings. The summed E-state index contributed by atoms with van der Waals surface area (Å²) in [7, 11) is 0. The summed E-state index contributed by atoms with van der Waals surface area (Å²) in [5.74, 6) is 0.500. The van der Waals surface area contributed by atoms with Gasteiger partial charge in [0, 0.05) is 28.8 Å². The molecule has 0 aliphatic carbocycles. The molecule has 2 aromatic heterocycles. The van der Waals surface area contributed by atoms with Crippen molar-refractivity contribution in [1.29, 1.82) is 0 Å². The summed E-state index contributed by atoms with van der Waals surface area (Å²) in [5, 5.41) is 18.7. The molecule has 2 atom stereocenters. The van der Waals surface area contributed by atoms with Crippen LogP contribution in [0.5, 0.6) is 0 Å². The van der Waals surface area contributed by atoms with Crippen LogP contribution in [-0.2, 0) is 16.8 Å². The standard InChI is InChI=1S/C19H28N6O2S/c1-5-12-9-16(26)23-17(21-12)25-15(10-14(24-25)19(2,3)4)22-18(27)20-11-13-7-6-8-28-13/h6-8,10,12,17,21H,5,9,11H2,1-4H3,(H,23,26)(H2,20,22,27). The fraction of sp³-hybridized carbons (Fsp3) is 0.526. The third kappa shape index (κ3) is 4.90. The van der Waals surface area contributed by atoms with Gasteiger partial charge in [0.05, 0.1) is 12.2 Å². The van der Waals surface area contributed by atoms with Gasteiger partial charge in [0.15, 0.2) is 6.29 Å². The molecular formula is C19H28N6O2S. The first-order valence-electron chi connectivity index (χ1n) is 9.49. The number of carbonyl (C=O) groups is 2. The number of nitrogens with one attached hydrogen (secondary N) is 4. The normalized spacial score (nSPS) is 19.9. The van der Waals surface area contributed by atoms with Gasteiger partial charge in [-0.15, -0.1) is 11.3 Å². The van der Waals surface area contributed by atoms with Crippen LogP contribution in [0.2, 0.25) is 0 Å². The Morgan fingerprint density at radius 3 is 2.86 bits per heavy atom. The molecule has 1 saturated heterocycles. The van der Waals surface area contributed by atoms with E-state index >= 15 is 0 Å². The summed E-state index contributed by atoms with van der Waals surface area (Å²) in [6, 6.07) is 5.53. The van der Waals surface area contributed by atoms with E-state index in [0.717, 1.165) is 17.0 Å². The van der Waals surface area contributed by atoms with Crippen LogP contribution in [0.15, 0.2) is 23.6 Å². The zero-order valence-corrected chi connectivity index (χ0v) is 17.5. The third-order valence-electron chi connectivity index (χ3n) is 4.61. The molecule has 0 bridgehead atoms. The topological polar surface area (TPSA) is 100 Å². The minimum atomic E-state index is -0.505. The smallest absolute Gasteiger partial charge is 0.320 e. The van der Waals surface area contributed by atoms with Crippen molar-refractivity contribution in [1.82, 2.24) is 25.7 Å². The Morgan fingerprint density at radius 1 is 1.43 bits per heavy atom. The van der Waals surface area contributed by atoms with Gasteiger partial charge in [-0.3, -0.25) is 15.4 Å². The van der Waals surface area contributed by atoms with E-state index in [1.165, 1.54) is 0 Å². The van der Waals surface area contributed by atoms with E-state index in [1.54, 1.807) is 16.0 Å². The van der Waals surface area contributed by atoms with Crippen LogP contribution in [0.25, 0.3) is 0 Å². The Morgan fingerprint density at radius 2 is 2.21 bits per heavy atom. The van der Waals surface area contributed by atoms with E-state index in [9.17, 15) is 9.59 Å². The van der Waals surface area contributed by atoms with E-state index in [0.29, 0.717) is 18.8 Å². The number of carbonyl (C=O) groups excluding carboxylic acids is 2. The Labute approximate surface area is 169 Å². The van der Waals surface area contributed by atoms with Gasteiger partial charge in [-0.25, -0.2) is 9.48 Å². The number of rotatable bonds is 5. The molecule has 1 aliphatic rings. The predicted octanol–water partition coefficient (Wildman–Crippen LogP) is 2.91. The molecule has 0 aromatic carbocycles. The number of anilines is 1. The van der Waals surface area contributed by atoms with Crippen molar-refractivity contribution in [2.75, 3.05) is 5.32 Å². The second kappa shape index (κ2) is 8.32. The number of hydrogen-bond acceptors (Lipinski definition) is 5. The van der Waals surface area contributed by atoms with Gasteiger partial charge in [-0.05, 0) is 17.9 Å². The number of amides is 3. The van der Waals surface area contributed by atoms with E-state index in [1.807, 2.05) is 30.5 Å². The Balaban J connectivity index is 1.79. The van der Waals surface area contributed by atoms with Gasteiger partial charge in [0.1, 0.15) is 5.82 Å². The number of aromatic nitrogens is 2. The molecule has 2 unspecified atom stereocenters. The lowest BCUT2D eigenvalue weighted by Crippen LogP contribution is -2.53. The summed E-state index contributed by atoms with van der Waals surface area (Å²) in [6.45, 7) is 8.67. The fourth-order valence-electron chi connectivity index (χ4n) is 2.95. The van der Waals surface area contributed by atoms with Gasteiger partial charge < -0.3 is 10.6 Å². The molecule has 0 spiro atoms. The first-order chi connectivity index (χ1) is 13.3. The third-order valence-corrected chi connectivity index (χ3v) is 5.49. The molecule has 4 N–H and O–H groups in total. The highest BCUT2D eigenvalue weighted by molar-refractivity contribution is 7.09. The van der Waals surface area contributed by atoms with Crippen molar-refractivity contribution in [3.05, 3.63) is 34.2 Å². The molecule has 1 aliphatic heterocycles. The molecule has 8 nitrogen and oxygen atoms in total. The molecule has 3 rings (SSSR count). The van der Waals surface area contributed by atoms with Crippen molar-refractivity contribution in [3.8, 4) is 0 Å². The minimum absolute atomic E-state index is 0.0310. The molecule has 0 saturated carbocycles. The predicted molar refractivity (Wildman–Crippen MR) is 110 cm³/mol. The number of urea groups is 1. The second-order valence-corrected chi connectivity index (χ2v) is 8.97. The van der Waals surface area contributed by atoms with Crippen LogP contribution in [0.1, 0.15) is 57.4 Å². The zero-order chi connectivity index (χ0) is 20.3. The van der Waals surface area contributed by atoms with Gasteiger partial charge in [0.25, 0.3) is 0 Å². The van der Waals surface area contributed by atoms with Crippen molar-refractivity contribution < 1.29 is 9.59 Å². The molecule has 28 heavy (non-hydrogen) atoms. The van der Waals surface area contributed by atoms with Crippen molar-refractivity contribution in [3.63, 3.8) is 0 Å². The second-order valence-electron chi connectivity index (χ2n) is 7.94. The average molecular weight is 405 g/mol. The monoisotopic (exact) mass is 404 g/mol. The Kier molecular flexibility index (Phi) is 6.04. The van der Waals surface area contributed by atoms with Crippen molar-refractivity contribution >= 4 is 29.1 Å². The quantitative estimate of drug-likeness (QED) is 0.616. The lowest BCUT2D eigenvalue weighted by molar-refractivity contribution is -0.125. The maximum Gasteiger partial charge on any atom is 0.320 e. The van der Waals surface area contributed by atoms with Crippen molar-refractivity contribution in [2.45, 2.75) is 64.8 Å². The Bertz CT molecular complexity index is 824. The lowest BCUT2D eigenvalue weighted by Gasteiger charge is -2.32. The van der Waals surface area contributed by atoms with Crippen LogP contribution in [-0.4, -0.2) is 27.8 Å². The number of thiophene rings is 1. The zero-order valence-electron chi connectivity index (χ0n) is 16.7. The molecule has 0 radical (unpaired) electrons. The lowest BCUT2D eigenvalue weighted by atomic mass is 9.92. The van der Waals surface area contributed by atoms with E-state index in [-0.39, 0.29) is 23.4 Å².